The van der Waals surface area contributed by atoms with Gasteiger partial charge in [-0.25, -0.2) is 0 Å². The number of nitrogens with one attached hydrogen (secondary N) is 1. The van der Waals surface area contributed by atoms with Gasteiger partial charge in [0, 0.05) is 12.1 Å². The first-order valence-electron chi connectivity index (χ1n) is 7.11. The van der Waals surface area contributed by atoms with Crippen molar-refractivity contribution in [3.8, 4) is 6.08 Å². The van der Waals surface area contributed by atoms with E-state index in [4.69, 9.17) is 9.15 Å². The minimum atomic E-state index is -0.454. The molecule has 0 bridgehead atoms. The zero-order chi connectivity index (χ0) is 14.7. The molecular formula is C14H17N3O4. The highest BCUT2D eigenvalue weighted by Gasteiger charge is 2.15. The Morgan fingerprint density at radius 2 is 2.43 bits per heavy atom. The predicted octanol–water partition coefficient (Wildman–Crippen LogP) is 2.50. The number of piperidine rings is 1. The number of rotatable bonds is 5. The standard InChI is InChI=1S/C14H17N3O4/c18-17(19)11-3-4-13-12(8-11)16-14(21-13)20-7-5-10-2-1-6-15-9-10/h3-4,8,10,15H,1-2,5-7,9H2. The first-order chi connectivity index (χ1) is 10.2. The Labute approximate surface area is 121 Å². The maximum Gasteiger partial charge on any atom is 0.394 e. The van der Waals surface area contributed by atoms with E-state index in [1.54, 1.807) is 6.07 Å². The topological polar surface area (TPSA) is 90.4 Å². The average Bonchev–Trinajstić information content (AvgIpc) is 2.90. The van der Waals surface area contributed by atoms with E-state index in [2.05, 4.69) is 10.3 Å². The van der Waals surface area contributed by atoms with E-state index in [0.29, 0.717) is 23.6 Å². The van der Waals surface area contributed by atoms with Crippen molar-refractivity contribution in [2.75, 3.05) is 19.7 Å². The largest absolute Gasteiger partial charge is 0.450 e. The van der Waals surface area contributed by atoms with Crippen molar-refractivity contribution in [1.82, 2.24) is 10.3 Å². The van der Waals surface area contributed by atoms with E-state index in [-0.39, 0.29) is 11.8 Å². The van der Waals surface area contributed by atoms with Crippen LogP contribution in [0.2, 0.25) is 0 Å². The molecule has 1 saturated heterocycles. The second-order valence-corrected chi connectivity index (χ2v) is 5.24. The molecule has 7 heteroatoms. The summed E-state index contributed by atoms with van der Waals surface area (Å²) in [5.41, 5.74) is 0.934. The second kappa shape index (κ2) is 6.09. The molecule has 1 unspecified atom stereocenters. The van der Waals surface area contributed by atoms with E-state index in [0.717, 1.165) is 19.5 Å². The Kier molecular flexibility index (Phi) is 4.01. The van der Waals surface area contributed by atoms with Gasteiger partial charge in [-0.2, -0.15) is 4.98 Å². The molecule has 0 radical (unpaired) electrons. The second-order valence-electron chi connectivity index (χ2n) is 5.24. The summed E-state index contributed by atoms with van der Waals surface area (Å²) in [6, 6.07) is 4.32. The number of benzene rings is 1. The van der Waals surface area contributed by atoms with Crippen LogP contribution in [0.15, 0.2) is 22.6 Å². The van der Waals surface area contributed by atoms with Crippen molar-refractivity contribution in [2.24, 2.45) is 5.92 Å². The molecule has 2 aromatic rings. The van der Waals surface area contributed by atoms with Gasteiger partial charge in [-0.1, -0.05) is 0 Å². The molecule has 0 amide bonds. The van der Waals surface area contributed by atoms with Gasteiger partial charge in [0.2, 0.25) is 0 Å². The maximum absolute atomic E-state index is 10.7. The van der Waals surface area contributed by atoms with E-state index in [1.807, 2.05) is 0 Å². The lowest BCUT2D eigenvalue weighted by Crippen LogP contribution is -2.30. The lowest BCUT2D eigenvalue weighted by molar-refractivity contribution is -0.384. The molecule has 1 atom stereocenters. The minimum Gasteiger partial charge on any atom is -0.450 e. The van der Waals surface area contributed by atoms with Gasteiger partial charge in [0.05, 0.1) is 11.5 Å². The third kappa shape index (κ3) is 3.30. The first kappa shape index (κ1) is 13.8. The van der Waals surface area contributed by atoms with E-state index < -0.39 is 4.92 Å². The normalized spacial score (nSPS) is 18.8. The van der Waals surface area contributed by atoms with Crippen LogP contribution >= 0.6 is 0 Å². The molecule has 1 aromatic carbocycles. The fourth-order valence-corrected chi connectivity index (χ4v) is 2.55. The number of aromatic nitrogens is 1. The van der Waals surface area contributed by atoms with Crippen molar-refractivity contribution >= 4 is 16.8 Å². The average molecular weight is 291 g/mol. The molecular weight excluding hydrogens is 274 g/mol. The summed E-state index contributed by atoms with van der Waals surface area (Å²) in [6.07, 6.45) is 3.55. The molecule has 7 nitrogen and oxygen atoms in total. The van der Waals surface area contributed by atoms with Gasteiger partial charge in [-0.3, -0.25) is 10.1 Å². The molecule has 1 fully saturated rings. The summed E-state index contributed by atoms with van der Waals surface area (Å²) < 4.78 is 10.9. The third-order valence-electron chi connectivity index (χ3n) is 3.71. The van der Waals surface area contributed by atoms with Gasteiger partial charge in [0.1, 0.15) is 5.52 Å². The maximum atomic E-state index is 10.7. The number of hydrogen-bond donors (Lipinski definition) is 1. The van der Waals surface area contributed by atoms with Crippen LogP contribution in [0, 0.1) is 16.0 Å². The number of nitrogens with zero attached hydrogens (tertiary/aromatic N) is 2. The van der Waals surface area contributed by atoms with Gasteiger partial charge < -0.3 is 14.5 Å². The summed E-state index contributed by atoms with van der Waals surface area (Å²) in [6.45, 7) is 2.67. The Bertz CT molecular complexity index is 634. The van der Waals surface area contributed by atoms with Gasteiger partial charge >= 0.3 is 6.08 Å². The van der Waals surface area contributed by atoms with Gasteiger partial charge in [0.15, 0.2) is 5.58 Å². The zero-order valence-electron chi connectivity index (χ0n) is 11.6. The number of non-ortho nitro benzene ring substituents is 1. The number of nitro benzene ring substituents is 1. The quantitative estimate of drug-likeness (QED) is 0.672. The smallest absolute Gasteiger partial charge is 0.394 e. The summed E-state index contributed by atoms with van der Waals surface area (Å²) in [5, 5.41) is 14.1. The number of hydrogen-bond acceptors (Lipinski definition) is 6. The van der Waals surface area contributed by atoms with Gasteiger partial charge in [-0.15, -0.1) is 0 Å². The fourth-order valence-electron chi connectivity index (χ4n) is 2.55. The lowest BCUT2D eigenvalue weighted by Gasteiger charge is -2.22. The third-order valence-corrected chi connectivity index (χ3v) is 3.71. The van der Waals surface area contributed by atoms with Gasteiger partial charge in [0.25, 0.3) is 5.69 Å². The molecule has 1 N–H and O–H groups in total. The van der Waals surface area contributed by atoms with Crippen LogP contribution in [0.25, 0.3) is 11.1 Å². The van der Waals surface area contributed by atoms with Crippen molar-refractivity contribution in [3.05, 3.63) is 28.3 Å². The number of ether oxygens (including phenoxy) is 1. The van der Waals surface area contributed by atoms with E-state index in [9.17, 15) is 10.1 Å². The highest BCUT2D eigenvalue weighted by molar-refractivity contribution is 5.75. The van der Waals surface area contributed by atoms with Crippen LogP contribution in [0.4, 0.5) is 5.69 Å². The molecule has 1 aromatic heterocycles. The zero-order valence-corrected chi connectivity index (χ0v) is 11.6. The highest BCUT2D eigenvalue weighted by atomic mass is 16.6. The predicted molar refractivity (Wildman–Crippen MR) is 76.4 cm³/mol. The van der Waals surface area contributed by atoms with Crippen LogP contribution in [-0.2, 0) is 0 Å². The summed E-state index contributed by atoms with van der Waals surface area (Å²) >= 11 is 0. The Balaban J connectivity index is 1.60. The van der Waals surface area contributed by atoms with Crippen molar-refractivity contribution in [3.63, 3.8) is 0 Å². The molecule has 3 rings (SSSR count). The van der Waals surface area contributed by atoms with Crippen molar-refractivity contribution in [2.45, 2.75) is 19.3 Å². The van der Waals surface area contributed by atoms with Crippen molar-refractivity contribution in [1.29, 1.82) is 0 Å². The molecule has 2 heterocycles. The first-order valence-corrected chi connectivity index (χ1v) is 7.11. The monoisotopic (exact) mass is 291 g/mol. The van der Waals surface area contributed by atoms with Crippen LogP contribution in [-0.4, -0.2) is 29.6 Å². The molecule has 1 aliphatic heterocycles. The lowest BCUT2D eigenvalue weighted by atomic mass is 9.97. The summed E-state index contributed by atoms with van der Waals surface area (Å²) in [7, 11) is 0. The van der Waals surface area contributed by atoms with Crippen LogP contribution < -0.4 is 10.1 Å². The minimum absolute atomic E-state index is 0.00405. The highest BCUT2D eigenvalue weighted by Crippen LogP contribution is 2.25. The van der Waals surface area contributed by atoms with Crippen LogP contribution in [0.1, 0.15) is 19.3 Å². The molecule has 0 spiro atoms. The molecule has 1 aliphatic rings. The van der Waals surface area contributed by atoms with E-state index in [1.165, 1.54) is 25.0 Å². The molecule has 0 saturated carbocycles. The fraction of sp³-hybridized carbons (Fsp3) is 0.500. The Morgan fingerprint density at radius 3 is 3.19 bits per heavy atom. The summed E-state index contributed by atoms with van der Waals surface area (Å²) in [5.74, 6) is 0.629. The number of nitro groups is 1. The Morgan fingerprint density at radius 1 is 1.52 bits per heavy atom. The van der Waals surface area contributed by atoms with E-state index >= 15 is 0 Å². The summed E-state index contributed by atoms with van der Waals surface area (Å²) in [4.78, 5) is 14.4. The van der Waals surface area contributed by atoms with Crippen LogP contribution in [0.3, 0.4) is 0 Å². The number of fused-ring (bicyclic) bond motifs is 1. The Hall–Kier alpha value is -2.15. The molecule has 21 heavy (non-hydrogen) atoms. The SMILES string of the molecule is O=[N+]([O-])c1ccc2oc(OCCC3CCCNC3)nc2c1. The molecule has 0 aliphatic carbocycles. The molecule has 112 valence electrons. The van der Waals surface area contributed by atoms with Crippen molar-refractivity contribution < 1.29 is 14.1 Å². The number of oxazole rings is 1. The van der Waals surface area contributed by atoms with Gasteiger partial charge in [-0.05, 0) is 44.3 Å². The van der Waals surface area contributed by atoms with Crippen LogP contribution in [0.5, 0.6) is 6.08 Å².